The molecule has 0 aromatic carbocycles. The van der Waals surface area contributed by atoms with E-state index in [0.717, 1.165) is 37.8 Å². The molecule has 1 unspecified atom stereocenters. The molecule has 1 saturated heterocycles. The van der Waals surface area contributed by atoms with Crippen molar-refractivity contribution < 1.29 is 4.79 Å². The zero-order chi connectivity index (χ0) is 21.8. The summed E-state index contributed by atoms with van der Waals surface area (Å²) in [6.07, 6.45) is 7.36. The molecule has 160 valence electrons. The van der Waals surface area contributed by atoms with E-state index in [4.69, 9.17) is 17.2 Å². The van der Waals surface area contributed by atoms with Crippen LogP contribution in [-0.4, -0.2) is 37.1 Å². The maximum Gasteiger partial charge on any atom is 0.267 e. The number of nitrogens with one attached hydrogen (secondary N) is 1. The Morgan fingerprint density at radius 2 is 2.07 bits per heavy atom. The minimum Gasteiger partial charge on any atom is -0.369 e. The van der Waals surface area contributed by atoms with Gasteiger partial charge in [-0.2, -0.15) is 0 Å². The van der Waals surface area contributed by atoms with Crippen LogP contribution >= 0.6 is 24.0 Å². The third-order valence-corrected chi connectivity index (χ3v) is 6.62. The fourth-order valence-corrected chi connectivity index (χ4v) is 4.78. The number of fused-ring (bicyclic) bond motifs is 1. The number of hydrogen-bond acceptors (Lipinski definition) is 6. The van der Waals surface area contributed by atoms with Crippen molar-refractivity contribution in [2.45, 2.75) is 59.4 Å². The Bertz CT molecular complexity index is 1060. The summed E-state index contributed by atoms with van der Waals surface area (Å²) in [6, 6.07) is 3.78. The van der Waals surface area contributed by atoms with Gasteiger partial charge in [0, 0.05) is 18.8 Å². The Labute approximate surface area is 186 Å². The summed E-state index contributed by atoms with van der Waals surface area (Å²) >= 11 is 6.67. The fourth-order valence-electron chi connectivity index (χ4n) is 3.33. The van der Waals surface area contributed by atoms with Crippen LogP contribution in [0.25, 0.3) is 11.7 Å². The van der Waals surface area contributed by atoms with Crippen LogP contribution in [0, 0.1) is 6.92 Å². The van der Waals surface area contributed by atoms with Crippen molar-refractivity contribution in [3.63, 3.8) is 0 Å². The highest BCUT2D eigenvalue weighted by Gasteiger charge is 2.35. The van der Waals surface area contributed by atoms with Gasteiger partial charge in [-0.25, -0.2) is 4.98 Å². The predicted octanol–water partition coefficient (Wildman–Crippen LogP) is 4.60. The molecule has 30 heavy (non-hydrogen) atoms. The van der Waals surface area contributed by atoms with Crippen LogP contribution in [-0.2, 0) is 4.79 Å². The molecule has 3 heterocycles. The van der Waals surface area contributed by atoms with Gasteiger partial charge in [-0.3, -0.25) is 18.9 Å². The zero-order valence-corrected chi connectivity index (χ0v) is 19.5. The van der Waals surface area contributed by atoms with Crippen LogP contribution in [0.15, 0.2) is 28.0 Å². The lowest BCUT2D eigenvalue weighted by Crippen LogP contribution is -2.36. The van der Waals surface area contributed by atoms with Crippen molar-refractivity contribution in [2.24, 2.45) is 0 Å². The number of thioether (sulfide) groups is 1. The van der Waals surface area contributed by atoms with E-state index in [1.54, 1.807) is 17.2 Å². The van der Waals surface area contributed by atoms with Crippen LogP contribution in [0.5, 0.6) is 0 Å². The number of carbonyl (C=O) groups excluding carboxylic acids is 1. The normalized spacial score (nSPS) is 16.7. The lowest BCUT2D eigenvalue weighted by Gasteiger charge is -2.21. The summed E-state index contributed by atoms with van der Waals surface area (Å²) in [4.78, 5) is 33.1. The highest BCUT2D eigenvalue weighted by atomic mass is 32.2. The van der Waals surface area contributed by atoms with E-state index in [1.807, 2.05) is 32.9 Å². The molecule has 1 aliphatic heterocycles. The Morgan fingerprint density at radius 1 is 1.30 bits per heavy atom. The van der Waals surface area contributed by atoms with E-state index in [0.29, 0.717) is 26.3 Å². The first-order valence-corrected chi connectivity index (χ1v) is 11.6. The van der Waals surface area contributed by atoms with Crippen molar-refractivity contribution in [3.8, 4) is 0 Å². The Hall–Kier alpha value is -2.19. The second-order valence-electron chi connectivity index (χ2n) is 7.51. The fraction of sp³-hybridized carbons (Fsp3) is 0.455. The molecule has 8 heteroatoms. The second kappa shape index (κ2) is 9.75. The van der Waals surface area contributed by atoms with E-state index in [9.17, 15) is 9.59 Å². The molecule has 3 rings (SSSR count). The second-order valence-corrected chi connectivity index (χ2v) is 9.18. The molecule has 2 aromatic rings. The van der Waals surface area contributed by atoms with Crippen LogP contribution in [0.2, 0.25) is 0 Å². The number of rotatable bonds is 8. The molecule has 0 saturated carbocycles. The molecule has 1 N–H and O–H groups in total. The van der Waals surface area contributed by atoms with E-state index in [1.165, 1.54) is 16.2 Å². The number of thiocarbonyl (C=S) groups is 1. The van der Waals surface area contributed by atoms with Gasteiger partial charge in [0.1, 0.15) is 15.8 Å². The summed E-state index contributed by atoms with van der Waals surface area (Å²) in [5.41, 5.74) is 1.72. The summed E-state index contributed by atoms with van der Waals surface area (Å²) < 4.78 is 2.07. The van der Waals surface area contributed by atoms with E-state index < -0.39 is 0 Å². The number of aryl methyl sites for hydroxylation is 1. The number of unbranched alkanes of at least 4 members (excludes halogenated alkanes) is 2. The number of amides is 1. The van der Waals surface area contributed by atoms with Crippen molar-refractivity contribution in [1.29, 1.82) is 0 Å². The van der Waals surface area contributed by atoms with Crippen LogP contribution in [0.4, 0.5) is 5.82 Å². The van der Waals surface area contributed by atoms with Crippen LogP contribution < -0.4 is 10.9 Å². The van der Waals surface area contributed by atoms with Gasteiger partial charge >= 0.3 is 0 Å². The minimum absolute atomic E-state index is 0.0218. The Kier molecular flexibility index (Phi) is 7.31. The molecule has 0 aliphatic carbocycles. The van der Waals surface area contributed by atoms with Gasteiger partial charge in [0.15, 0.2) is 0 Å². The van der Waals surface area contributed by atoms with Crippen molar-refractivity contribution >= 4 is 51.7 Å². The third-order valence-electron chi connectivity index (χ3n) is 5.29. The molecule has 0 spiro atoms. The number of anilines is 1. The Morgan fingerprint density at radius 3 is 2.77 bits per heavy atom. The van der Waals surface area contributed by atoms with Gasteiger partial charge in [0.2, 0.25) is 0 Å². The van der Waals surface area contributed by atoms with Gasteiger partial charge in [-0.1, -0.05) is 56.7 Å². The molecule has 1 fully saturated rings. The summed E-state index contributed by atoms with van der Waals surface area (Å²) in [6.45, 7) is 8.79. The van der Waals surface area contributed by atoms with Gasteiger partial charge in [-0.05, 0) is 44.4 Å². The summed E-state index contributed by atoms with van der Waals surface area (Å²) in [7, 11) is 0. The average Bonchev–Trinajstić information content (AvgIpc) is 3.01. The summed E-state index contributed by atoms with van der Waals surface area (Å²) in [5, 5.41) is 3.32. The smallest absolute Gasteiger partial charge is 0.267 e. The molecular weight excluding hydrogens is 416 g/mol. The van der Waals surface area contributed by atoms with Gasteiger partial charge in [0.25, 0.3) is 11.5 Å². The number of nitrogens with zero attached hydrogens (tertiary/aromatic N) is 3. The maximum absolute atomic E-state index is 13.3. The standard InChI is InChI=1S/C22H28N4O2S2/c1-5-7-8-11-23-18-16(20(27)25-12-9-10-14(3)19(25)24-18)13-17-21(28)26(15(4)6-2)22(29)30-17/h9-10,12-13,15,23H,5-8,11H2,1-4H3. The number of hydrogen-bond donors (Lipinski definition) is 1. The molecular formula is C22H28N4O2S2. The third kappa shape index (κ3) is 4.44. The maximum atomic E-state index is 13.3. The molecule has 1 aliphatic rings. The first kappa shape index (κ1) is 22.5. The van der Waals surface area contributed by atoms with E-state index in [2.05, 4.69) is 12.2 Å². The monoisotopic (exact) mass is 444 g/mol. The van der Waals surface area contributed by atoms with Crippen LogP contribution in [0.3, 0.4) is 0 Å². The number of aromatic nitrogens is 2. The first-order chi connectivity index (χ1) is 14.4. The average molecular weight is 445 g/mol. The SMILES string of the molecule is CCCCCNc1nc2c(C)cccn2c(=O)c1C=C1SC(=S)N(C(C)CC)C1=O. The van der Waals surface area contributed by atoms with E-state index in [-0.39, 0.29) is 17.5 Å². The zero-order valence-electron chi connectivity index (χ0n) is 17.9. The van der Waals surface area contributed by atoms with Gasteiger partial charge in [0.05, 0.1) is 10.5 Å². The van der Waals surface area contributed by atoms with Crippen molar-refractivity contribution in [1.82, 2.24) is 14.3 Å². The number of pyridine rings is 1. The van der Waals surface area contributed by atoms with Gasteiger partial charge < -0.3 is 5.32 Å². The molecule has 2 aromatic heterocycles. The molecule has 0 bridgehead atoms. The Balaban J connectivity index is 2.08. The first-order valence-electron chi connectivity index (χ1n) is 10.4. The molecule has 0 radical (unpaired) electrons. The lowest BCUT2D eigenvalue weighted by atomic mass is 10.2. The predicted molar refractivity (Wildman–Crippen MR) is 129 cm³/mol. The topological polar surface area (TPSA) is 66.7 Å². The highest BCUT2D eigenvalue weighted by Crippen LogP contribution is 2.34. The van der Waals surface area contributed by atoms with Gasteiger partial charge in [-0.15, -0.1) is 0 Å². The lowest BCUT2D eigenvalue weighted by molar-refractivity contribution is -0.123. The highest BCUT2D eigenvalue weighted by molar-refractivity contribution is 8.26. The van der Waals surface area contributed by atoms with Crippen molar-refractivity contribution in [2.75, 3.05) is 11.9 Å². The molecule has 1 atom stereocenters. The van der Waals surface area contributed by atoms with E-state index >= 15 is 0 Å². The number of carbonyl (C=O) groups is 1. The molecule has 6 nitrogen and oxygen atoms in total. The summed E-state index contributed by atoms with van der Waals surface area (Å²) in [5.74, 6) is 0.365. The molecule has 1 amide bonds. The van der Waals surface area contributed by atoms with Crippen molar-refractivity contribution in [3.05, 3.63) is 44.7 Å². The quantitative estimate of drug-likeness (QED) is 0.364. The largest absolute Gasteiger partial charge is 0.369 e. The minimum atomic E-state index is -0.199. The van der Waals surface area contributed by atoms with Crippen LogP contribution in [0.1, 0.15) is 57.6 Å².